The maximum Gasteiger partial charge on any atom is 0.253 e. The van der Waals surface area contributed by atoms with E-state index in [1.165, 1.54) is 5.56 Å². The Kier molecular flexibility index (Phi) is 4.24. The van der Waals surface area contributed by atoms with Gasteiger partial charge in [0.05, 0.1) is 11.6 Å². The van der Waals surface area contributed by atoms with Crippen LogP contribution in [0.5, 0.6) is 0 Å². The molecular weight excluding hydrogens is 328 g/mol. The first-order chi connectivity index (χ1) is 12.7. The minimum atomic E-state index is -0.0803. The zero-order valence-corrected chi connectivity index (χ0v) is 14.8. The zero-order chi connectivity index (χ0) is 18.1. The van der Waals surface area contributed by atoms with Crippen molar-refractivity contribution in [1.29, 1.82) is 0 Å². The lowest BCUT2D eigenvalue weighted by Gasteiger charge is -2.15. The third-order valence-corrected chi connectivity index (χ3v) is 4.84. The van der Waals surface area contributed by atoms with Crippen molar-refractivity contribution in [3.05, 3.63) is 64.8 Å². The molecule has 0 spiro atoms. The second-order valence-electron chi connectivity index (χ2n) is 6.53. The van der Waals surface area contributed by atoms with Crippen molar-refractivity contribution < 1.29 is 9.32 Å². The van der Waals surface area contributed by atoms with Crippen molar-refractivity contribution >= 4 is 5.91 Å². The van der Waals surface area contributed by atoms with E-state index in [-0.39, 0.29) is 11.9 Å². The molecule has 0 unspecified atom stereocenters. The van der Waals surface area contributed by atoms with Gasteiger partial charge in [-0.1, -0.05) is 24.2 Å². The van der Waals surface area contributed by atoms with Crippen LogP contribution in [0, 0.1) is 6.92 Å². The number of carbonyl (C=O) groups excluding carboxylic acids is 1. The molecule has 0 aliphatic heterocycles. The molecule has 2 aromatic heterocycles. The highest BCUT2D eigenvalue weighted by atomic mass is 16.5. The van der Waals surface area contributed by atoms with Gasteiger partial charge in [0.25, 0.3) is 5.91 Å². The summed E-state index contributed by atoms with van der Waals surface area (Å²) in [6.07, 6.45) is 5.83. The minimum absolute atomic E-state index is 0.0163. The highest BCUT2D eigenvalue weighted by Gasteiger charge is 2.25. The minimum Gasteiger partial charge on any atom is -0.345 e. The van der Waals surface area contributed by atoms with Crippen LogP contribution in [-0.4, -0.2) is 21.0 Å². The predicted octanol–water partition coefficient (Wildman–Crippen LogP) is 3.42. The molecule has 0 bridgehead atoms. The number of aromatic nitrogens is 3. The van der Waals surface area contributed by atoms with Crippen LogP contribution < -0.4 is 5.32 Å². The Balaban J connectivity index is 1.55. The SMILES string of the molecule is CCc1nc(-c2ccc3c(c2)CC[C@H]3NC(=O)c2cnccc2C)no1. The van der Waals surface area contributed by atoms with Gasteiger partial charge in [0.2, 0.25) is 11.7 Å². The molecule has 132 valence electrons. The number of fused-ring (bicyclic) bond motifs is 1. The van der Waals surface area contributed by atoms with Gasteiger partial charge in [-0.2, -0.15) is 4.98 Å². The number of nitrogens with zero attached hydrogens (tertiary/aromatic N) is 3. The third-order valence-electron chi connectivity index (χ3n) is 4.84. The van der Waals surface area contributed by atoms with Gasteiger partial charge < -0.3 is 9.84 Å². The molecule has 6 nitrogen and oxygen atoms in total. The lowest BCUT2D eigenvalue weighted by Crippen LogP contribution is -2.27. The largest absolute Gasteiger partial charge is 0.345 e. The lowest BCUT2D eigenvalue weighted by molar-refractivity contribution is 0.0935. The van der Waals surface area contributed by atoms with Gasteiger partial charge in [0.15, 0.2) is 0 Å². The van der Waals surface area contributed by atoms with Crippen LogP contribution in [0.1, 0.15) is 52.3 Å². The fourth-order valence-corrected chi connectivity index (χ4v) is 3.36. The molecule has 1 aliphatic carbocycles. The second-order valence-corrected chi connectivity index (χ2v) is 6.53. The van der Waals surface area contributed by atoms with Crippen molar-refractivity contribution in [2.75, 3.05) is 0 Å². The van der Waals surface area contributed by atoms with Crippen LogP contribution in [0.4, 0.5) is 0 Å². The Hall–Kier alpha value is -3.02. The smallest absolute Gasteiger partial charge is 0.253 e. The number of hydrogen-bond acceptors (Lipinski definition) is 5. The van der Waals surface area contributed by atoms with Crippen LogP contribution >= 0.6 is 0 Å². The van der Waals surface area contributed by atoms with Gasteiger partial charge in [-0.05, 0) is 48.6 Å². The lowest BCUT2D eigenvalue weighted by atomic mass is 10.0. The van der Waals surface area contributed by atoms with Crippen molar-refractivity contribution in [2.45, 2.75) is 39.2 Å². The fraction of sp³-hybridized carbons (Fsp3) is 0.300. The first-order valence-corrected chi connectivity index (χ1v) is 8.83. The van der Waals surface area contributed by atoms with E-state index < -0.39 is 0 Å². The van der Waals surface area contributed by atoms with Crippen LogP contribution in [0.25, 0.3) is 11.4 Å². The fourth-order valence-electron chi connectivity index (χ4n) is 3.36. The van der Waals surface area contributed by atoms with Crippen LogP contribution in [0.3, 0.4) is 0 Å². The van der Waals surface area contributed by atoms with E-state index in [0.717, 1.165) is 36.0 Å². The first kappa shape index (κ1) is 16.4. The summed E-state index contributed by atoms with van der Waals surface area (Å²) in [6, 6.07) is 8.01. The third kappa shape index (κ3) is 2.98. The summed E-state index contributed by atoms with van der Waals surface area (Å²) < 4.78 is 5.20. The van der Waals surface area contributed by atoms with Crippen molar-refractivity contribution in [3.63, 3.8) is 0 Å². The van der Waals surface area contributed by atoms with Crippen LogP contribution in [0.15, 0.2) is 41.2 Å². The number of amides is 1. The Bertz CT molecular complexity index is 964. The molecular formula is C20H20N4O2. The van der Waals surface area contributed by atoms with Crippen molar-refractivity contribution in [2.24, 2.45) is 0 Å². The van der Waals surface area contributed by atoms with E-state index in [1.54, 1.807) is 12.4 Å². The molecule has 1 aliphatic rings. The van der Waals surface area contributed by atoms with Crippen molar-refractivity contribution in [3.8, 4) is 11.4 Å². The zero-order valence-electron chi connectivity index (χ0n) is 14.8. The standard InChI is InChI=1S/C20H20N4O2/c1-3-18-23-19(24-26-18)14-4-6-15-13(10-14)5-7-17(15)22-20(25)16-11-21-9-8-12(16)2/h4,6,8-11,17H,3,5,7H2,1-2H3,(H,22,25)/t17-/m1/s1. The number of rotatable bonds is 4. The maximum absolute atomic E-state index is 12.6. The second kappa shape index (κ2) is 6.71. The predicted molar refractivity (Wildman–Crippen MR) is 96.6 cm³/mol. The van der Waals surface area contributed by atoms with Crippen molar-refractivity contribution in [1.82, 2.24) is 20.4 Å². The Labute approximate surface area is 151 Å². The van der Waals surface area contributed by atoms with E-state index in [0.29, 0.717) is 17.3 Å². The number of hydrogen-bond donors (Lipinski definition) is 1. The van der Waals surface area contributed by atoms with Gasteiger partial charge in [0.1, 0.15) is 0 Å². The van der Waals surface area contributed by atoms with Crippen LogP contribution in [0.2, 0.25) is 0 Å². The summed E-state index contributed by atoms with van der Waals surface area (Å²) in [5, 5.41) is 7.17. The van der Waals surface area contributed by atoms with Gasteiger partial charge >= 0.3 is 0 Å². The summed E-state index contributed by atoms with van der Waals surface area (Å²) in [7, 11) is 0. The number of benzene rings is 1. The molecule has 0 saturated carbocycles. The van der Waals surface area contributed by atoms with E-state index in [1.807, 2.05) is 26.0 Å². The molecule has 0 radical (unpaired) electrons. The summed E-state index contributed by atoms with van der Waals surface area (Å²) in [5.41, 5.74) is 4.87. The molecule has 6 heteroatoms. The quantitative estimate of drug-likeness (QED) is 0.781. The molecule has 1 atom stereocenters. The molecule has 4 rings (SSSR count). The van der Waals surface area contributed by atoms with Gasteiger partial charge in [-0.3, -0.25) is 9.78 Å². The highest BCUT2D eigenvalue weighted by Crippen LogP contribution is 2.34. The Morgan fingerprint density at radius 1 is 1.35 bits per heavy atom. The van der Waals surface area contributed by atoms with E-state index >= 15 is 0 Å². The molecule has 2 heterocycles. The van der Waals surface area contributed by atoms with Gasteiger partial charge in [-0.25, -0.2) is 0 Å². The molecule has 1 N–H and O–H groups in total. The molecule has 3 aromatic rings. The van der Waals surface area contributed by atoms with Gasteiger partial charge in [0, 0.05) is 24.4 Å². The number of aryl methyl sites for hydroxylation is 3. The summed E-state index contributed by atoms with van der Waals surface area (Å²) in [5.74, 6) is 1.17. The average molecular weight is 348 g/mol. The normalized spacial score (nSPS) is 15.7. The monoisotopic (exact) mass is 348 g/mol. The summed E-state index contributed by atoms with van der Waals surface area (Å²) >= 11 is 0. The molecule has 0 saturated heterocycles. The summed E-state index contributed by atoms with van der Waals surface area (Å²) in [4.78, 5) is 21.0. The highest BCUT2D eigenvalue weighted by molar-refractivity contribution is 5.95. The Morgan fingerprint density at radius 2 is 2.23 bits per heavy atom. The topological polar surface area (TPSA) is 80.9 Å². The molecule has 1 aromatic carbocycles. The van der Waals surface area contributed by atoms with Crippen LogP contribution in [-0.2, 0) is 12.8 Å². The maximum atomic E-state index is 12.6. The number of carbonyl (C=O) groups is 1. The first-order valence-electron chi connectivity index (χ1n) is 8.83. The summed E-state index contributed by atoms with van der Waals surface area (Å²) in [6.45, 7) is 3.90. The van der Waals surface area contributed by atoms with E-state index in [2.05, 4.69) is 32.6 Å². The van der Waals surface area contributed by atoms with Gasteiger partial charge in [-0.15, -0.1) is 0 Å². The van der Waals surface area contributed by atoms with E-state index in [9.17, 15) is 4.79 Å². The molecule has 26 heavy (non-hydrogen) atoms. The molecule has 1 amide bonds. The van der Waals surface area contributed by atoms with E-state index in [4.69, 9.17) is 4.52 Å². The Morgan fingerprint density at radius 3 is 3.00 bits per heavy atom. The number of pyridine rings is 1. The number of nitrogens with one attached hydrogen (secondary N) is 1. The molecule has 0 fully saturated rings. The average Bonchev–Trinajstić information content (AvgIpc) is 3.29.